The Morgan fingerprint density at radius 2 is 2.09 bits per heavy atom. The lowest BCUT2D eigenvalue weighted by molar-refractivity contribution is 0.276. The van der Waals surface area contributed by atoms with E-state index in [1.54, 1.807) is 10.9 Å². The van der Waals surface area contributed by atoms with Crippen molar-refractivity contribution in [2.75, 3.05) is 18.0 Å². The van der Waals surface area contributed by atoms with Gasteiger partial charge in [0.05, 0.1) is 19.3 Å². The standard InChI is InChI=1S/C16H21N5O/c1-2-15-11(8-21-9-14(10-22)18-19-21)3-4-16(17-15)20-6-12-5-13(12)7-20/h3-4,9,12-13,22H,2,5-8,10H2,1H3. The third-order valence-electron chi connectivity index (χ3n) is 4.77. The molecular formula is C16H21N5O. The van der Waals surface area contributed by atoms with Gasteiger partial charge in [-0.2, -0.15) is 0 Å². The topological polar surface area (TPSA) is 67.1 Å². The molecule has 0 bridgehead atoms. The van der Waals surface area contributed by atoms with Crippen molar-refractivity contribution in [1.82, 2.24) is 20.0 Å². The van der Waals surface area contributed by atoms with Crippen molar-refractivity contribution in [3.05, 3.63) is 35.3 Å². The first kappa shape index (κ1) is 13.7. The molecule has 3 heterocycles. The highest BCUT2D eigenvalue weighted by Gasteiger charge is 2.45. The van der Waals surface area contributed by atoms with Crippen LogP contribution in [0.25, 0.3) is 0 Å². The van der Waals surface area contributed by atoms with Gasteiger partial charge in [0.2, 0.25) is 0 Å². The van der Waals surface area contributed by atoms with E-state index in [0.29, 0.717) is 12.2 Å². The number of aromatic nitrogens is 4. The summed E-state index contributed by atoms with van der Waals surface area (Å²) in [6.07, 6.45) is 4.10. The molecule has 1 N–H and O–H groups in total. The van der Waals surface area contributed by atoms with E-state index < -0.39 is 0 Å². The molecule has 1 saturated carbocycles. The molecule has 2 unspecified atom stereocenters. The lowest BCUT2D eigenvalue weighted by atomic mass is 10.1. The van der Waals surface area contributed by atoms with Crippen molar-refractivity contribution in [1.29, 1.82) is 0 Å². The summed E-state index contributed by atoms with van der Waals surface area (Å²) in [6.45, 7) is 5.05. The molecule has 6 nitrogen and oxygen atoms in total. The van der Waals surface area contributed by atoms with Gasteiger partial charge in [0.1, 0.15) is 11.5 Å². The molecule has 22 heavy (non-hydrogen) atoms. The number of aliphatic hydroxyl groups excluding tert-OH is 1. The van der Waals surface area contributed by atoms with Gasteiger partial charge in [-0.25, -0.2) is 9.67 Å². The molecular weight excluding hydrogens is 278 g/mol. The van der Waals surface area contributed by atoms with Crippen LogP contribution in [0.5, 0.6) is 0 Å². The molecule has 0 amide bonds. The summed E-state index contributed by atoms with van der Waals surface area (Å²) in [5, 5.41) is 17.0. The molecule has 0 radical (unpaired) electrons. The first-order valence-electron chi connectivity index (χ1n) is 8.00. The molecule has 2 fully saturated rings. The van der Waals surface area contributed by atoms with Crippen molar-refractivity contribution in [2.45, 2.75) is 32.9 Å². The summed E-state index contributed by atoms with van der Waals surface area (Å²) in [5.74, 6) is 2.94. The van der Waals surface area contributed by atoms with Gasteiger partial charge in [0, 0.05) is 18.8 Å². The largest absolute Gasteiger partial charge is 0.390 e. The molecule has 1 aliphatic carbocycles. The van der Waals surface area contributed by atoms with Crippen molar-refractivity contribution in [2.24, 2.45) is 11.8 Å². The average molecular weight is 299 g/mol. The minimum absolute atomic E-state index is 0.0743. The Kier molecular flexibility index (Phi) is 3.33. The molecule has 1 saturated heterocycles. The van der Waals surface area contributed by atoms with Crippen LogP contribution in [-0.4, -0.2) is 38.2 Å². The summed E-state index contributed by atoms with van der Waals surface area (Å²) in [4.78, 5) is 7.28. The van der Waals surface area contributed by atoms with Crippen LogP contribution >= 0.6 is 0 Å². The van der Waals surface area contributed by atoms with Gasteiger partial charge in [-0.3, -0.25) is 0 Å². The van der Waals surface area contributed by atoms with E-state index in [0.717, 1.165) is 29.8 Å². The molecule has 0 spiro atoms. The number of hydrogen-bond acceptors (Lipinski definition) is 5. The number of piperidine rings is 1. The SMILES string of the molecule is CCc1nc(N2CC3CC3C2)ccc1Cn1cc(CO)nn1. The Balaban J connectivity index is 1.54. The lowest BCUT2D eigenvalue weighted by Crippen LogP contribution is -2.23. The first-order chi connectivity index (χ1) is 10.8. The predicted octanol–water partition coefficient (Wildman–Crippen LogP) is 1.23. The Hall–Kier alpha value is -1.95. The molecule has 116 valence electrons. The average Bonchev–Trinajstić information content (AvgIpc) is 2.97. The third-order valence-corrected chi connectivity index (χ3v) is 4.77. The Bertz CT molecular complexity index is 673. The van der Waals surface area contributed by atoms with Crippen LogP contribution in [0.4, 0.5) is 5.82 Å². The van der Waals surface area contributed by atoms with Gasteiger partial charge in [0.15, 0.2) is 0 Å². The maximum Gasteiger partial charge on any atom is 0.128 e. The zero-order valence-corrected chi connectivity index (χ0v) is 12.8. The molecule has 4 rings (SSSR count). The molecule has 2 aromatic rings. The Labute approximate surface area is 129 Å². The second kappa shape index (κ2) is 5.35. The fourth-order valence-corrected chi connectivity index (χ4v) is 3.39. The van der Waals surface area contributed by atoms with Crippen LogP contribution in [0, 0.1) is 11.8 Å². The van der Waals surface area contributed by atoms with E-state index >= 15 is 0 Å². The minimum Gasteiger partial charge on any atom is -0.390 e. The predicted molar refractivity (Wildman–Crippen MR) is 82.5 cm³/mol. The zero-order chi connectivity index (χ0) is 15.1. The van der Waals surface area contributed by atoms with E-state index in [4.69, 9.17) is 10.1 Å². The second-order valence-corrected chi connectivity index (χ2v) is 6.36. The zero-order valence-electron chi connectivity index (χ0n) is 12.8. The summed E-state index contributed by atoms with van der Waals surface area (Å²) in [6, 6.07) is 4.29. The molecule has 0 aromatic carbocycles. The first-order valence-corrected chi connectivity index (χ1v) is 8.00. The van der Waals surface area contributed by atoms with Crippen LogP contribution in [-0.2, 0) is 19.6 Å². The van der Waals surface area contributed by atoms with Crippen molar-refractivity contribution in [3.63, 3.8) is 0 Å². The third kappa shape index (κ3) is 2.47. The smallest absolute Gasteiger partial charge is 0.128 e. The number of nitrogens with zero attached hydrogens (tertiary/aromatic N) is 5. The summed E-state index contributed by atoms with van der Waals surface area (Å²) in [5.41, 5.74) is 2.89. The normalized spacial score (nSPS) is 22.9. The maximum absolute atomic E-state index is 9.07. The molecule has 1 aliphatic heterocycles. The molecule has 6 heteroatoms. The minimum atomic E-state index is -0.0743. The van der Waals surface area contributed by atoms with Crippen LogP contribution in [0.1, 0.15) is 30.3 Å². The van der Waals surface area contributed by atoms with E-state index in [-0.39, 0.29) is 6.61 Å². The number of pyridine rings is 1. The van der Waals surface area contributed by atoms with Gasteiger partial charge in [-0.05, 0) is 36.3 Å². The number of rotatable bonds is 5. The van der Waals surface area contributed by atoms with Crippen molar-refractivity contribution >= 4 is 5.82 Å². The number of aliphatic hydroxyl groups is 1. The van der Waals surface area contributed by atoms with Crippen LogP contribution in [0.15, 0.2) is 18.3 Å². The van der Waals surface area contributed by atoms with Gasteiger partial charge in [-0.15, -0.1) is 5.10 Å². The number of hydrogen-bond donors (Lipinski definition) is 1. The van der Waals surface area contributed by atoms with E-state index in [9.17, 15) is 0 Å². The van der Waals surface area contributed by atoms with Gasteiger partial charge in [0.25, 0.3) is 0 Å². The maximum atomic E-state index is 9.07. The monoisotopic (exact) mass is 299 g/mol. The van der Waals surface area contributed by atoms with Gasteiger partial charge >= 0.3 is 0 Å². The quantitative estimate of drug-likeness (QED) is 0.899. The van der Waals surface area contributed by atoms with Crippen LogP contribution in [0.3, 0.4) is 0 Å². The van der Waals surface area contributed by atoms with Gasteiger partial charge < -0.3 is 10.0 Å². The van der Waals surface area contributed by atoms with Gasteiger partial charge in [-0.1, -0.05) is 18.2 Å². The van der Waals surface area contributed by atoms with E-state index in [1.165, 1.54) is 25.1 Å². The molecule has 2 aromatic heterocycles. The van der Waals surface area contributed by atoms with Crippen LogP contribution in [0.2, 0.25) is 0 Å². The molecule has 2 atom stereocenters. The highest BCUT2D eigenvalue weighted by atomic mass is 16.3. The number of anilines is 1. The summed E-state index contributed by atoms with van der Waals surface area (Å²) in [7, 11) is 0. The number of fused-ring (bicyclic) bond motifs is 1. The van der Waals surface area contributed by atoms with Crippen molar-refractivity contribution < 1.29 is 5.11 Å². The fraction of sp³-hybridized carbons (Fsp3) is 0.562. The Morgan fingerprint density at radius 3 is 2.77 bits per heavy atom. The van der Waals surface area contributed by atoms with Crippen molar-refractivity contribution in [3.8, 4) is 0 Å². The lowest BCUT2D eigenvalue weighted by Gasteiger charge is -2.20. The van der Waals surface area contributed by atoms with E-state index in [1.807, 2.05) is 0 Å². The Morgan fingerprint density at radius 1 is 1.27 bits per heavy atom. The van der Waals surface area contributed by atoms with E-state index in [2.05, 4.69) is 34.3 Å². The highest BCUT2D eigenvalue weighted by Crippen LogP contribution is 2.45. The fourth-order valence-electron chi connectivity index (χ4n) is 3.39. The summed E-state index contributed by atoms with van der Waals surface area (Å²) < 4.78 is 1.76. The second-order valence-electron chi connectivity index (χ2n) is 6.36. The highest BCUT2D eigenvalue weighted by molar-refractivity contribution is 5.44. The number of aryl methyl sites for hydroxylation is 1. The molecule has 2 aliphatic rings. The van der Waals surface area contributed by atoms with Crippen LogP contribution < -0.4 is 4.90 Å². The summed E-state index contributed by atoms with van der Waals surface area (Å²) >= 11 is 0.